The third-order valence-corrected chi connectivity index (χ3v) is 9.16. The van der Waals surface area contributed by atoms with Crippen molar-refractivity contribution >= 4 is 35.8 Å². The third kappa shape index (κ3) is 13.0. The van der Waals surface area contributed by atoms with E-state index in [4.69, 9.17) is 18.9 Å². The van der Waals surface area contributed by atoms with Crippen LogP contribution >= 0.6 is 0 Å². The standard InChI is InChI=1S/C45H49N3O10/c1-45(2,3)58-41(51)26-46-42(52)37(48-44(54)57-29-36-34-20-12-10-18-32(34)33-19-11-13-21-35(33)36)22-24-39(49)47-38(43(53)56-28-31-16-8-5-9-17-31)23-25-40(50)55-27-30-14-6-4-7-15-30/h4-21,36-38H,22-29H2,1-3H3,(H,46,52)(H,47,49)(H,48,54). The minimum atomic E-state index is -1.32. The average molecular weight is 792 g/mol. The van der Waals surface area contributed by atoms with Crippen molar-refractivity contribution in [3.63, 3.8) is 0 Å². The van der Waals surface area contributed by atoms with Gasteiger partial charge in [-0.05, 0) is 67.0 Å². The van der Waals surface area contributed by atoms with Crippen molar-refractivity contribution in [2.24, 2.45) is 0 Å². The molecule has 2 atom stereocenters. The molecule has 13 heteroatoms. The first-order valence-corrected chi connectivity index (χ1v) is 19.2. The number of fused-ring (bicyclic) bond motifs is 3. The Bertz CT molecular complexity index is 2000. The summed E-state index contributed by atoms with van der Waals surface area (Å²) in [7, 11) is 0. The molecule has 0 fully saturated rings. The first kappa shape index (κ1) is 42.6. The summed E-state index contributed by atoms with van der Waals surface area (Å²) >= 11 is 0. The van der Waals surface area contributed by atoms with Crippen LogP contribution in [0.5, 0.6) is 0 Å². The van der Waals surface area contributed by atoms with Crippen LogP contribution in [-0.2, 0) is 56.1 Å². The highest BCUT2D eigenvalue weighted by Gasteiger charge is 2.31. The van der Waals surface area contributed by atoms with E-state index in [-0.39, 0.29) is 51.4 Å². The Morgan fingerprint density at radius 3 is 1.72 bits per heavy atom. The first-order chi connectivity index (χ1) is 27.9. The number of carbonyl (C=O) groups is 6. The molecule has 3 N–H and O–H groups in total. The maximum Gasteiger partial charge on any atom is 0.407 e. The second-order valence-corrected chi connectivity index (χ2v) is 14.8. The summed E-state index contributed by atoms with van der Waals surface area (Å²) in [5.41, 5.74) is 4.81. The second-order valence-electron chi connectivity index (χ2n) is 14.8. The van der Waals surface area contributed by atoms with Crippen molar-refractivity contribution in [3.8, 4) is 11.1 Å². The number of carbonyl (C=O) groups excluding carboxylic acids is 6. The Balaban J connectivity index is 1.22. The lowest BCUT2D eigenvalue weighted by molar-refractivity contribution is -0.154. The van der Waals surface area contributed by atoms with Gasteiger partial charge in [-0.25, -0.2) is 9.59 Å². The highest BCUT2D eigenvalue weighted by Crippen LogP contribution is 2.44. The molecule has 0 spiro atoms. The average Bonchev–Trinajstić information content (AvgIpc) is 3.54. The van der Waals surface area contributed by atoms with Crippen LogP contribution in [0, 0.1) is 0 Å². The summed E-state index contributed by atoms with van der Waals surface area (Å²) in [6.07, 6.45) is -1.80. The highest BCUT2D eigenvalue weighted by molar-refractivity contribution is 5.90. The van der Waals surface area contributed by atoms with E-state index in [1.807, 2.05) is 84.9 Å². The van der Waals surface area contributed by atoms with Crippen molar-refractivity contribution in [2.75, 3.05) is 13.2 Å². The summed E-state index contributed by atoms with van der Waals surface area (Å²) in [5, 5.41) is 7.62. The number of esters is 3. The number of rotatable bonds is 18. The Labute approximate surface area is 337 Å². The van der Waals surface area contributed by atoms with Gasteiger partial charge in [0.2, 0.25) is 11.8 Å². The SMILES string of the molecule is CC(C)(C)OC(=O)CNC(=O)C(CCC(=O)NC(CCC(=O)OCc1ccccc1)C(=O)OCc1ccccc1)NC(=O)OCC1c2ccccc2-c2ccccc21. The molecule has 3 amide bonds. The Morgan fingerprint density at radius 2 is 1.14 bits per heavy atom. The Kier molecular flexibility index (Phi) is 15.1. The molecule has 13 nitrogen and oxygen atoms in total. The van der Waals surface area contributed by atoms with Crippen molar-refractivity contribution in [1.82, 2.24) is 16.0 Å². The largest absolute Gasteiger partial charge is 0.461 e. The number of nitrogens with one attached hydrogen (secondary N) is 3. The lowest BCUT2D eigenvalue weighted by Gasteiger charge is -2.22. The van der Waals surface area contributed by atoms with Gasteiger partial charge in [0.25, 0.3) is 0 Å². The van der Waals surface area contributed by atoms with E-state index in [9.17, 15) is 28.8 Å². The van der Waals surface area contributed by atoms with Gasteiger partial charge in [-0.1, -0.05) is 109 Å². The molecule has 1 aliphatic rings. The van der Waals surface area contributed by atoms with Crippen LogP contribution < -0.4 is 16.0 Å². The van der Waals surface area contributed by atoms with Crippen LogP contribution in [-0.4, -0.2) is 66.7 Å². The molecule has 2 unspecified atom stereocenters. The summed E-state index contributed by atoms with van der Waals surface area (Å²) in [5.74, 6) is -3.69. The van der Waals surface area contributed by atoms with Gasteiger partial charge in [-0.15, -0.1) is 0 Å². The predicted molar refractivity (Wildman–Crippen MR) is 214 cm³/mol. The van der Waals surface area contributed by atoms with Crippen LogP contribution in [0.25, 0.3) is 11.1 Å². The molecular weight excluding hydrogens is 743 g/mol. The molecule has 0 saturated carbocycles. The lowest BCUT2D eigenvalue weighted by atomic mass is 9.98. The van der Waals surface area contributed by atoms with Crippen LogP contribution in [0.2, 0.25) is 0 Å². The van der Waals surface area contributed by atoms with Crippen molar-refractivity contribution in [3.05, 3.63) is 131 Å². The van der Waals surface area contributed by atoms with E-state index in [2.05, 4.69) is 16.0 Å². The Hall–Kier alpha value is -6.50. The molecule has 4 aromatic rings. The van der Waals surface area contributed by atoms with E-state index in [0.717, 1.165) is 33.4 Å². The van der Waals surface area contributed by atoms with Gasteiger partial charge >= 0.3 is 24.0 Å². The minimum Gasteiger partial charge on any atom is -0.461 e. The van der Waals surface area contributed by atoms with Gasteiger partial charge in [0, 0.05) is 18.8 Å². The smallest absolute Gasteiger partial charge is 0.407 e. The zero-order valence-electron chi connectivity index (χ0n) is 32.9. The van der Waals surface area contributed by atoms with Gasteiger partial charge in [0.1, 0.15) is 44.1 Å². The lowest BCUT2D eigenvalue weighted by Crippen LogP contribution is -2.49. The van der Waals surface area contributed by atoms with Crippen molar-refractivity contribution in [1.29, 1.82) is 0 Å². The zero-order chi connectivity index (χ0) is 41.5. The van der Waals surface area contributed by atoms with E-state index in [1.54, 1.807) is 45.0 Å². The Morgan fingerprint density at radius 1 is 0.603 bits per heavy atom. The molecule has 4 aromatic carbocycles. The van der Waals surface area contributed by atoms with Gasteiger partial charge in [0.05, 0.1) is 0 Å². The fourth-order valence-electron chi connectivity index (χ4n) is 6.40. The molecule has 0 aromatic heterocycles. The number of hydrogen-bond donors (Lipinski definition) is 3. The maximum absolute atomic E-state index is 13.4. The maximum atomic E-state index is 13.4. The minimum absolute atomic E-state index is 0.0207. The van der Waals surface area contributed by atoms with Crippen molar-refractivity contribution in [2.45, 2.75) is 83.3 Å². The monoisotopic (exact) mass is 791 g/mol. The first-order valence-electron chi connectivity index (χ1n) is 19.2. The molecule has 0 bridgehead atoms. The number of ether oxygens (including phenoxy) is 4. The molecular formula is C45H49N3O10. The summed E-state index contributed by atoms with van der Waals surface area (Å²) < 4.78 is 21.8. The number of hydrogen-bond acceptors (Lipinski definition) is 10. The van der Waals surface area contributed by atoms with Gasteiger partial charge in [-0.2, -0.15) is 0 Å². The molecule has 0 aliphatic heterocycles. The molecule has 5 rings (SSSR count). The van der Waals surface area contributed by atoms with E-state index < -0.39 is 60.0 Å². The zero-order valence-corrected chi connectivity index (χ0v) is 32.9. The summed E-state index contributed by atoms with van der Waals surface area (Å²) in [6.45, 7) is 4.54. The highest BCUT2D eigenvalue weighted by atomic mass is 16.6. The number of amides is 3. The van der Waals surface area contributed by atoms with Gasteiger partial charge < -0.3 is 34.9 Å². The molecule has 304 valence electrons. The molecule has 0 saturated heterocycles. The summed E-state index contributed by atoms with van der Waals surface area (Å²) in [4.78, 5) is 78.3. The molecule has 0 heterocycles. The van der Waals surface area contributed by atoms with Crippen LogP contribution in [0.15, 0.2) is 109 Å². The number of alkyl carbamates (subject to hydrolysis) is 1. The van der Waals surface area contributed by atoms with Crippen LogP contribution in [0.4, 0.5) is 4.79 Å². The molecule has 1 aliphatic carbocycles. The fourth-order valence-corrected chi connectivity index (χ4v) is 6.40. The van der Waals surface area contributed by atoms with Crippen molar-refractivity contribution < 1.29 is 47.7 Å². The normalized spacial score (nSPS) is 12.8. The molecule has 0 radical (unpaired) electrons. The van der Waals surface area contributed by atoms with Gasteiger partial charge in [0.15, 0.2) is 0 Å². The number of benzene rings is 4. The topological polar surface area (TPSA) is 175 Å². The molecule has 58 heavy (non-hydrogen) atoms. The third-order valence-electron chi connectivity index (χ3n) is 9.16. The van der Waals surface area contributed by atoms with Crippen LogP contribution in [0.1, 0.15) is 74.6 Å². The second kappa shape index (κ2) is 20.6. The quantitative estimate of drug-likeness (QED) is 0.0815. The van der Waals surface area contributed by atoms with E-state index in [1.165, 1.54) is 0 Å². The van der Waals surface area contributed by atoms with Crippen LogP contribution in [0.3, 0.4) is 0 Å². The van der Waals surface area contributed by atoms with E-state index in [0.29, 0.717) is 0 Å². The summed E-state index contributed by atoms with van der Waals surface area (Å²) in [6, 6.07) is 31.2. The van der Waals surface area contributed by atoms with Gasteiger partial charge in [-0.3, -0.25) is 19.2 Å². The fraction of sp³-hybridized carbons (Fsp3) is 0.333. The predicted octanol–water partition coefficient (Wildman–Crippen LogP) is 5.88. The van der Waals surface area contributed by atoms with E-state index >= 15 is 0 Å².